The number of alkyl halides is 3. The number of nitrogens with one attached hydrogen (secondary N) is 3. The number of rotatable bonds is 14. The predicted molar refractivity (Wildman–Crippen MR) is 159 cm³/mol. The summed E-state index contributed by atoms with van der Waals surface area (Å²) in [5, 5.41) is 15.2. The van der Waals surface area contributed by atoms with Gasteiger partial charge in [0.15, 0.2) is 23.0 Å². The van der Waals surface area contributed by atoms with Crippen LogP contribution in [0.25, 0.3) is 21.8 Å². The van der Waals surface area contributed by atoms with Crippen molar-refractivity contribution in [3.05, 3.63) is 40.3 Å². The van der Waals surface area contributed by atoms with Gasteiger partial charge in [0.05, 0.1) is 30.9 Å². The van der Waals surface area contributed by atoms with Gasteiger partial charge in [-0.15, -0.1) is 0 Å². The molecule has 0 aliphatic rings. The van der Waals surface area contributed by atoms with Crippen LogP contribution in [-0.2, 0) is 4.79 Å². The van der Waals surface area contributed by atoms with Crippen LogP contribution in [0.4, 0.5) is 25.1 Å². The number of ether oxygens (including phenoxy) is 4. The first-order chi connectivity index (χ1) is 21.4. The van der Waals surface area contributed by atoms with Crippen molar-refractivity contribution in [1.82, 2.24) is 25.3 Å². The molecule has 242 valence electrons. The molecule has 2 heterocycles. The maximum atomic E-state index is 13.2. The monoisotopic (exact) mass is 634 g/mol. The Balaban J connectivity index is 1.62. The second-order valence-electron chi connectivity index (χ2n) is 10.1. The Hall–Kier alpha value is -4.70. The van der Waals surface area contributed by atoms with Crippen LogP contribution in [0.3, 0.4) is 0 Å². The number of carbonyl (C=O) groups is 1. The maximum absolute atomic E-state index is 13.2. The summed E-state index contributed by atoms with van der Waals surface area (Å²) >= 11 is 0. The van der Waals surface area contributed by atoms with Crippen LogP contribution >= 0.6 is 0 Å². The highest BCUT2D eigenvalue weighted by molar-refractivity contribution is 5.91. The molecule has 4 N–H and O–H groups in total. The second kappa shape index (κ2) is 14.4. The number of methoxy groups -OCH3 is 2. The molecule has 1 unspecified atom stereocenters. The normalized spacial score (nSPS) is 12.3. The van der Waals surface area contributed by atoms with E-state index in [4.69, 9.17) is 19.3 Å². The van der Waals surface area contributed by atoms with Gasteiger partial charge in [0.2, 0.25) is 11.9 Å². The average molecular weight is 635 g/mol. The molecule has 0 saturated heterocycles. The van der Waals surface area contributed by atoms with Crippen molar-refractivity contribution >= 4 is 39.7 Å². The van der Waals surface area contributed by atoms with E-state index in [2.05, 4.69) is 35.3 Å². The van der Waals surface area contributed by atoms with Crippen molar-refractivity contribution in [2.75, 3.05) is 45.8 Å². The molecule has 45 heavy (non-hydrogen) atoms. The SMILES string of the molecule is COc1cc2nc(Nc3nc4ccc(OCCNCCC(C)CCO)c(OC(=O)C(F)(F)F)c4c(=O)[nH]3)nc(C)c2cc1OC. The van der Waals surface area contributed by atoms with Crippen LogP contribution < -0.4 is 35.1 Å². The zero-order valence-electron chi connectivity index (χ0n) is 25.0. The highest BCUT2D eigenvalue weighted by Crippen LogP contribution is 2.36. The highest BCUT2D eigenvalue weighted by Gasteiger charge is 2.42. The van der Waals surface area contributed by atoms with Gasteiger partial charge in [-0.1, -0.05) is 6.92 Å². The fourth-order valence-corrected chi connectivity index (χ4v) is 4.45. The number of hydrogen-bond donors (Lipinski definition) is 4. The molecule has 4 rings (SSSR count). The summed E-state index contributed by atoms with van der Waals surface area (Å²) in [5.41, 5.74) is 0.0864. The minimum atomic E-state index is -5.33. The molecule has 4 aromatic rings. The Morgan fingerprint density at radius 1 is 1.02 bits per heavy atom. The zero-order valence-corrected chi connectivity index (χ0v) is 25.0. The number of benzene rings is 2. The number of aromatic amines is 1. The van der Waals surface area contributed by atoms with Gasteiger partial charge >= 0.3 is 12.1 Å². The standard InChI is InChI=1S/C29H33F3N6O7/c1-15(8-11-39)7-9-33-10-12-44-20-6-5-18-23(24(20)45-26(41)29(30,31)32)25(40)37-28(35-18)38-27-34-16(2)17-13-21(42-3)22(43-4)14-19(17)36-27/h5-6,13-15,33,39H,7-12H2,1-4H3,(H2,34,35,36,37,38,40). The van der Waals surface area contributed by atoms with Crippen molar-refractivity contribution in [3.8, 4) is 23.0 Å². The molecule has 1 atom stereocenters. The minimum Gasteiger partial charge on any atom is -0.493 e. The van der Waals surface area contributed by atoms with E-state index in [0.717, 1.165) is 6.42 Å². The number of halogens is 3. The summed E-state index contributed by atoms with van der Waals surface area (Å²) < 4.78 is 60.3. The lowest BCUT2D eigenvalue weighted by atomic mass is 10.1. The van der Waals surface area contributed by atoms with Crippen LogP contribution in [-0.4, -0.2) is 77.7 Å². The molecule has 0 spiro atoms. The zero-order chi connectivity index (χ0) is 32.7. The van der Waals surface area contributed by atoms with E-state index in [1.807, 2.05) is 6.92 Å². The second-order valence-corrected chi connectivity index (χ2v) is 10.1. The first-order valence-electron chi connectivity index (χ1n) is 13.9. The van der Waals surface area contributed by atoms with Crippen LogP contribution in [0.15, 0.2) is 29.1 Å². The van der Waals surface area contributed by atoms with Crippen molar-refractivity contribution < 1.29 is 42.0 Å². The van der Waals surface area contributed by atoms with Gasteiger partial charge in [-0.3, -0.25) is 15.1 Å². The van der Waals surface area contributed by atoms with Crippen molar-refractivity contribution in [2.45, 2.75) is 32.9 Å². The molecular formula is C29H33F3N6O7. The Morgan fingerprint density at radius 2 is 1.76 bits per heavy atom. The van der Waals surface area contributed by atoms with E-state index in [-0.39, 0.29) is 36.4 Å². The molecule has 0 aliphatic carbocycles. The van der Waals surface area contributed by atoms with E-state index >= 15 is 0 Å². The lowest BCUT2D eigenvalue weighted by Gasteiger charge is -2.15. The molecular weight excluding hydrogens is 601 g/mol. The summed E-state index contributed by atoms with van der Waals surface area (Å²) in [6.07, 6.45) is -3.86. The molecule has 0 radical (unpaired) electrons. The number of aryl methyl sites for hydroxylation is 1. The van der Waals surface area contributed by atoms with Gasteiger partial charge in [0.25, 0.3) is 5.56 Å². The van der Waals surface area contributed by atoms with Gasteiger partial charge in [0.1, 0.15) is 12.0 Å². The third-order valence-electron chi connectivity index (χ3n) is 6.81. The molecule has 13 nitrogen and oxygen atoms in total. The van der Waals surface area contributed by atoms with E-state index < -0.39 is 28.8 Å². The number of esters is 1. The van der Waals surface area contributed by atoms with Gasteiger partial charge in [-0.25, -0.2) is 19.7 Å². The van der Waals surface area contributed by atoms with E-state index in [1.165, 1.54) is 26.4 Å². The molecule has 0 bridgehead atoms. The lowest BCUT2D eigenvalue weighted by molar-refractivity contribution is -0.189. The van der Waals surface area contributed by atoms with Crippen molar-refractivity contribution in [3.63, 3.8) is 0 Å². The quantitative estimate of drug-likeness (QED) is 0.0901. The van der Waals surface area contributed by atoms with E-state index in [1.54, 1.807) is 19.1 Å². The van der Waals surface area contributed by atoms with Crippen LogP contribution in [0.1, 0.15) is 25.5 Å². The van der Waals surface area contributed by atoms with Crippen molar-refractivity contribution in [1.29, 1.82) is 0 Å². The number of aliphatic hydroxyl groups excluding tert-OH is 1. The van der Waals surface area contributed by atoms with Crippen LogP contribution in [0.5, 0.6) is 23.0 Å². The first-order valence-corrected chi connectivity index (χ1v) is 13.9. The number of anilines is 2. The average Bonchev–Trinajstić information content (AvgIpc) is 2.98. The molecule has 0 amide bonds. The van der Waals surface area contributed by atoms with Gasteiger partial charge in [-0.05, 0) is 50.4 Å². The van der Waals surface area contributed by atoms with Crippen LogP contribution in [0.2, 0.25) is 0 Å². The number of aromatic nitrogens is 4. The van der Waals surface area contributed by atoms with E-state index in [9.17, 15) is 22.8 Å². The summed E-state index contributed by atoms with van der Waals surface area (Å²) in [6, 6.07) is 5.99. The Kier molecular flexibility index (Phi) is 10.6. The summed E-state index contributed by atoms with van der Waals surface area (Å²) in [5.74, 6) is -2.31. The maximum Gasteiger partial charge on any atom is 0.491 e. The van der Waals surface area contributed by atoms with Gasteiger partial charge in [-0.2, -0.15) is 13.2 Å². The lowest BCUT2D eigenvalue weighted by Crippen LogP contribution is -2.29. The number of fused-ring (bicyclic) bond motifs is 2. The number of carbonyl (C=O) groups excluding carboxylic acids is 1. The number of nitrogens with zero attached hydrogens (tertiary/aromatic N) is 3. The smallest absolute Gasteiger partial charge is 0.491 e. The number of hydrogen-bond acceptors (Lipinski definition) is 12. The first kappa shape index (κ1) is 33.2. The van der Waals surface area contributed by atoms with Gasteiger partial charge in [0, 0.05) is 24.6 Å². The topological polar surface area (TPSA) is 170 Å². The summed E-state index contributed by atoms with van der Waals surface area (Å²) in [6.45, 7) is 4.78. The van der Waals surface area contributed by atoms with Crippen molar-refractivity contribution in [2.24, 2.45) is 5.92 Å². The summed E-state index contributed by atoms with van der Waals surface area (Å²) in [7, 11) is 2.99. The molecule has 0 fully saturated rings. The molecule has 2 aromatic heterocycles. The number of H-pyrrole nitrogens is 1. The Labute approximate surface area is 255 Å². The largest absolute Gasteiger partial charge is 0.493 e. The van der Waals surface area contributed by atoms with Crippen LogP contribution in [0, 0.1) is 12.8 Å². The molecule has 2 aromatic carbocycles. The predicted octanol–water partition coefficient (Wildman–Crippen LogP) is 3.78. The van der Waals surface area contributed by atoms with E-state index in [0.29, 0.717) is 53.5 Å². The van der Waals surface area contributed by atoms with Gasteiger partial charge < -0.3 is 29.4 Å². The Bertz CT molecular complexity index is 1730. The molecule has 0 saturated carbocycles. The third-order valence-corrected chi connectivity index (χ3v) is 6.81. The summed E-state index contributed by atoms with van der Waals surface area (Å²) in [4.78, 5) is 40.5. The Morgan fingerprint density at radius 3 is 2.44 bits per heavy atom. The number of aliphatic hydroxyl groups is 1. The fourth-order valence-electron chi connectivity index (χ4n) is 4.45. The third kappa shape index (κ3) is 8.07. The molecule has 16 heteroatoms. The minimum absolute atomic E-state index is 0.00323. The fraction of sp³-hybridized carbons (Fsp3) is 0.414. The molecule has 0 aliphatic heterocycles. The highest BCUT2D eigenvalue weighted by atomic mass is 19.4.